The molecule has 112 valence electrons. The molecule has 8 heteroatoms. The van der Waals surface area contributed by atoms with Crippen molar-refractivity contribution in [3.63, 3.8) is 0 Å². The van der Waals surface area contributed by atoms with E-state index in [-0.39, 0.29) is 0 Å². The van der Waals surface area contributed by atoms with Crippen molar-refractivity contribution in [1.82, 2.24) is 4.72 Å². The molecule has 1 aliphatic carbocycles. The molecule has 0 unspecified atom stereocenters. The molecule has 0 aromatic heterocycles. The van der Waals surface area contributed by atoms with E-state index in [0.29, 0.717) is 18.8 Å². The molecular formula is C11H18F3NO3S. The van der Waals surface area contributed by atoms with Gasteiger partial charge in [-0.3, -0.25) is 9.52 Å². The number of nitrogens with one attached hydrogen (secondary N) is 1. The van der Waals surface area contributed by atoms with Crippen molar-refractivity contribution in [2.75, 3.05) is 5.75 Å². The number of halogens is 3. The molecule has 0 spiro atoms. The number of rotatable bonds is 4. The maximum Gasteiger partial charge on any atom is 0.404 e. The summed E-state index contributed by atoms with van der Waals surface area (Å²) in [5, 5.41) is 0. The molecule has 0 radical (unpaired) electrons. The molecule has 1 aliphatic rings. The van der Waals surface area contributed by atoms with Crippen LogP contribution in [0.2, 0.25) is 0 Å². The second kappa shape index (κ2) is 6.11. The van der Waals surface area contributed by atoms with E-state index in [2.05, 4.69) is 0 Å². The van der Waals surface area contributed by atoms with Gasteiger partial charge in [0.2, 0.25) is 15.9 Å². The van der Waals surface area contributed by atoms with Crippen molar-refractivity contribution in [2.24, 2.45) is 11.8 Å². The van der Waals surface area contributed by atoms with Gasteiger partial charge in [-0.1, -0.05) is 13.3 Å². The first-order valence-electron chi connectivity index (χ1n) is 6.24. The Morgan fingerprint density at radius 2 is 1.74 bits per heavy atom. The summed E-state index contributed by atoms with van der Waals surface area (Å²) in [5.74, 6) is -2.80. The van der Waals surface area contributed by atoms with Crippen LogP contribution in [0.3, 0.4) is 0 Å². The van der Waals surface area contributed by atoms with Gasteiger partial charge in [0.25, 0.3) is 0 Å². The normalized spacial score (nSPS) is 25.1. The second-order valence-electron chi connectivity index (χ2n) is 4.97. The molecule has 1 amide bonds. The molecule has 0 aromatic rings. The Labute approximate surface area is 110 Å². The maximum absolute atomic E-state index is 12.0. The van der Waals surface area contributed by atoms with E-state index in [9.17, 15) is 26.4 Å². The van der Waals surface area contributed by atoms with E-state index in [1.165, 1.54) is 4.72 Å². The molecule has 0 atom stereocenters. The molecule has 4 nitrogen and oxygen atoms in total. The van der Waals surface area contributed by atoms with Crippen LogP contribution >= 0.6 is 0 Å². The fourth-order valence-electron chi connectivity index (χ4n) is 2.32. The fourth-order valence-corrected chi connectivity index (χ4v) is 3.30. The quantitative estimate of drug-likeness (QED) is 0.866. The minimum atomic E-state index is -4.84. The van der Waals surface area contributed by atoms with Gasteiger partial charge in [0.1, 0.15) is 0 Å². The average Bonchev–Trinajstić information content (AvgIpc) is 2.25. The number of hydrogen-bond acceptors (Lipinski definition) is 3. The maximum atomic E-state index is 12.0. The zero-order chi connectivity index (χ0) is 14.7. The first kappa shape index (κ1) is 16.3. The first-order chi connectivity index (χ1) is 8.63. The SMILES string of the molecule is CCC1CCC(C(=O)NS(=O)(=O)CC(F)(F)F)CC1. The van der Waals surface area contributed by atoms with E-state index in [4.69, 9.17) is 0 Å². The molecule has 0 aromatic carbocycles. The molecule has 0 bridgehead atoms. The van der Waals surface area contributed by atoms with Crippen LogP contribution in [0.5, 0.6) is 0 Å². The summed E-state index contributed by atoms with van der Waals surface area (Å²) in [6.07, 6.45) is -1.15. The highest BCUT2D eigenvalue weighted by Gasteiger charge is 2.37. The van der Waals surface area contributed by atoms with Gasteiger partial charge in [0, 0.05) is 5.92 Å². The largest absolute Gasteiger partial charge is 0.404 e. The van der Waals surface area contributed by atoms with Gasteiger partial charge in [0.05, 0.1) is 0 Å². The summed E-state index contributed by atoms with van der Waals surface area (Å²) >= 11 is 0. The van der Waals surface area contributed by atoms with Gasteiger partial charge >= 0.3 is 6.18 Å². The molecule has 1 rings (SSSR count). The summed E-state index contributed by atoms with van der Waals surface area (Å²) in [4.78, 5) is 11.6. The molecule has 1 N–H and O–H groups in total. The smallest absolute Gasteiger partial charge is 0.274 e. The zero-order valence-corrected chi connectivity index (χ0v) is 11.5. The lowest BCUT2D eigenvalue weighted by atomic mass is 9.80. The van der Waals surface area contributed by atoms with E-state index in [1.807, 2.05) is 6.92 Å². The van der Waals surface area contributed by atoms with Crippen LogP contribution in [0, 0.1) is 11.8 Å². The Hall–Kier alpha value is -0.790. The molecule has 0 aliphatic heterocycles. The molecule has 1 saturated carbocycles. The molecule has 0 saturated heterocycles. The zero-order valence-electron chi connectivity index (χ0n) is 10.7. The highest BCUT2D eigenvalue weighted by Crippen LogP contribution is 2.30. The molecule has 0 heterocycles. The third-order valence-corrected chi connectivity index (χ3v) is 4.62. The Balaban J connectivity index is 2.52. The van der Waals surface area contributed by atoms with E-state index >= 15 is 0 Å². The van der Waals surface area contributed by atoms with Crippen LogP contribution in [0.15, 0.2) is 0 Å². The summed E-state index contributed by atoms with van der Waals surface area (Å²) in [5.41, 5.74) is 0. The van der Waals surface area contributed by atoms with Crippen LogP contribution in [-0.2, 0) is 14.8 Å². The van der Waals surface area contributed by atoms with Gasteiger partial charge in [0.15, 0.2) is 5.75 Å². The van der Waals surface area contributed by atoms with Crippen LogP contribution in [0.25, 0.3) is 0 Å². The predicted molar refractivity (Wildman–Crippen MR) is 63.7 cm³/mol. The summed E-state index contributed by atoms with van der Waals surface area (Å²) < 4.78 is 59.9. The first-order valence-corrected chi connectivity index (χ1v) is 7.89. The Bertz CT molecular complexity index is 411. The van der Waals surface area contributed by atoms with E-state index in [0.717, 1.165) is 19.3 Å². The highest BCUT2D eigenvalue weighted by atomic mass is 32.2. The van der Waals surface area contributed by atoms with Crippen molar-refractivity contribution >= 4 is 15.9 Å². The summed E-state index contributed by atoms with van der Waals surface area (Å²) in [6, 6.07) is 0. The Kier molecular flexibility index (Phi) is 5.23. The van der Waals surface area contributed by atoms with Gasteiger partial charge < -0.3 is 0 Å². The van der Waals surface area contributed by atoms with E-state index in [1.54, 1.807) is 0 Å². The number of sulfonamides is 1. The number of amides is 1. The monoisotopic (exact) mass is 301 g/mol. The average molecular weight is 301 g/mol. The fraction of sp³-hybridized carbons (Fsp3) is 0.909. The minimum Gasteiger partial charge on any atom is -0.274 e. The third kappa shape index (κ3) is 5.80. The van der Waals surface area contributed by atoms with Crippen LogP contribution in [-0.4, -0.2) is 26.3 Å². The number of hydrogen-bond donors (Lipinski definition) is 1. The minimum absolute atomic E-state index is 0.495. The van der Waals surface area contributed by atoms with Crippen LogP contribution < -0.4 is 4.72 Å². The van der Waals surface area contributed by atoms with Crippen LogP contribution in [0.1, 0.15) is 39.0 Å². The highest BCUT2D eigenvalue weighted by molar-refractivity contribution is 7.90. The number of carbonyl (C=O) groups excluding carboxylic acids is 1. The van der Waals surface area contributed by atoms with Crippen molar-refractivity contribution in [3.05, 3.63) is 0 Å². The third-order valence-electron chi connectivity index (χ3n) is 3.40. The lowest BCUT2D eigenvalue weighted by molar-refractivity contribution is -0.124. The van der Waals surface area contributed by atoms with Crippen molar-refractivity contribution in [1.29, 1.82) is 0 Å². The Morgan fingerprint density at radius 3 is 2.16 bits per heavy atom. The number of alkyl halides is 3. The Morgan fingerprint density at radius 1 is 1.21 bits per heavy atom. The van der Waals surface area contributed by atoms with Crippen molar-refractivity contribution in [2.45, 2.75) is 45.2 Å². The van der Waals surface area contributed by atoms with Crippen molar-refractivity contribution in [3.8, 4) is 0 Å². The number of carbonyl (C=O) groups is 1. The topological polar surface area (TPSA) is 63.2 Å². The lowest BCUT2D eigenvalue weighted by Gasteiger charge is -2.26. The predicted octanol–water partition coefficient (Wildman–Crippen LogP) is 2.21. The van der Waals surface area contributed by atoms with Crippen molar-refractivity contribution < 1.29 is 26.4 Å². The van der Waals surface area contributed by atoms with Gasteiger partial charge in [-0.25, -0.2) is 8.42 Å². The van der Waals surface area contributed by atoms with Crippen LogP contribution in [0.4, 0.5) is 13.2 Å². The second-order valence-corrected chi connectivity index (χ2v) is 6.69. The molecular weight excluding hydrogens is 283 g/mol. The van der Waals surface area contributed by atoms with Gasteiger partial charge in [-0.05, 0) is 31.6 Å². The van der Waals surface area contributed by atoms with E-state index < -0.39 is 33.8 Å². The molecule has 19 heavy (non-hydrogen) atoms. The standard InChI is InChI=1S/C11H18F3NO3S/c1-2-8-3-5-9(6-4-8)10(16)15-19(17,18)7-11(12,13)14/h8-9H,2-7H2,1H3,(H,15,16). The summed E-state index contributed by atoms with van der Waals surface area (Å²) in [7, 11) is -4.63. The lowest BCUT2D eigenvalue weighted by Crippen LogP contribution is -2.41. The van der Waals surface area contributed by atoms with Gasteiger partial charge in [-0.2, -0.15) is 13.2 Å². The summed E-state index contributed by atoms with van der Waals surface area (Å²) in [6.45, 7) is 2.04. The molecule has 1 fully saturated rings. The van der Waals surface area contributed by atoms with Gasteiger partial charge in [-0.15, -0.1) is 0 Å².